The van der Waals surface area contributed by atoms with E-state index in [1.807, 2.05) is 12.1 Å². The van der Waals surface area contributed by atoms with Gasteiger partial charge in [-0.2, -0.15) is 0 Å². The number of carbonyl (C=O) groups excluding carboxylic acids is 1. The van der Waals surface area contributed by atoms with Crippen LogP contribution in [0.1, 0.15) is 49.9 Å². The zero-order valence-electron chi connectivity index (χ0n) is 11.2. The molecule has 0 bridgehead atoms. The van der Waals surface area contributed by atoms with Crippen LogP contribution in [0.25, 0.3) is 0 Å². The lowest BCUT2D eigenvalue weighted by Gasteiger charge is -2.39. The summed E-state index contributed by atoms with van der Waals surface area (Å²) in [5.74, 6) is -0.0118. The molecule has 1 saturated carbocycles. The molecule has 0 radical (unpaired) electrons. The minimum absolute atomic E-state index is 0.0118. The van der Waals surface area contributed by atoms with Crippen molar-refractivity contribution in [2.75, 3.05) is 5.73 Å². The Balaban J connectivity index is 2.07. The number of benzene rings is 1. The summed E-state index contributed by atoms with van der Waals surface area (Å²) < 4.78 is 0. The van der Waals surface area contributed by atoms with Crippen molar-refractivity contribution >= 4 is 11.6 Å². The van der Waals surface area contributed by atoms with E-state index in [9.17, 15) is 4.79 Å². The highest BCUT2D eigenvalue weighted by Crippen LogP contribution is 2.35. The smallest absolute Gasteiger partial charge is 0.251 e. The fourth-order valence-corrected chi connectivity index (χ4v) is 2.68. The third-order valence-corrected chi connectivity index (χ3v) is 3.96. The van der Waals surface area contributed by atoms with Gasteiger partial charge in [0.15, 0.2) is 0 Å². The number of anilines is 1. The zero-order chi connectivity index (χ0) is 13.2. The Morgan fingerprint density at radius 2 is 2.17 bits per heavy atom. The zero-order valence-corrected chi connectivity index (χ0v) is 11.2. The molecule has 1 aliphatic rings. The number of rotatable bonds is 2. The van der Waals surface area contributed by atoms with Crippen LogP contribution in [0.3, 0.4) is 0 Å². The van der Waals surface area contributed by atoms with Crippen LogP contribution in [0, 0.1) is 5.41 Å². The van der Waals surface area contributed by atoms with Gasteiger partial charge in [-0.25, -0.2) is 0 Å². The van der Waals surface area contributed by atoms with Crippen molar-refractivity contribution in [2.24, 2.45) is 5.41 Å². The van der Waals surface area contributed by atoms with E-state index >= 15 is 0 Å². The van der Waals surface area contributed by atoms with Crippen LogP contribution in [0.5, 0.6) is 0 Å². The maximum Gasteiger partial charge on any atom is 0.251 e. The fraction of sp³-hybridized carbons (Fsp3) is 0.533. The lowest BCUT2D eigenvalue weighted by molar-refractivity contribution is 0.0853. The molecule has 0 spiro atoms. The SMILES string of the molecule is CC1(C)CCCCC1NC(=O)c1cccc(N)c1. The van der Waals surface area contributed by atoms with E-state index in [4.69, 9.17) is 5.73 Å². The molecular formula is C15H22N2O. The first-order valence-electron chi connectivity index (χ1n) is 6.65. The normalized spacial score (nSPS) is 22.4. The molecule has 1 atom stereocenters. The van der Waals surface area contributed by atoms with E-state index in [2.05, 4.69) is 19.2 Å². The van der Waals surface area contributed by atoms with Crippen molar-refractivity contribution in [1.29, 1.82) is 0 Å². The Labute approximate surface area is 109 Å². The average Bonchev–Trinajstić information content (AvgIpc) is 2.31. The summed E-state index contributed by atoms with van der Waals surface area (Å²) in [7, 11) is 0. The number of carbonyl (C=O) groups is 1. The Bertz CT molecular complexity index is 440. The molecule has 1 amide bonds. The standard InChI is InChI=1S/C15H22N2O/c1-15(2)9-4-3-8-13(15)17-14(18)11-6-5-7-12(16)10-11/h5-7,10,13H,3-4,8-9,16H2,1-2H3,(H,17,18). The van der Waals surface area contributed by atoms with Crippen LogP contribution in [-0.2, 0) is 0 Å². The molecular weight excluding hydrogens is 224 g/mol. The minimum atomic E-state index is -0.0118. The molecule has 18 heavy (non-hydrogen) atoms. The van der Waals surface area contributed by atoms with Gasteiger partial charge in [0.2, 0.25) is 0 Å². The maximum absolute atomic E-state index is 12.2. The third kappa shape index (κ3) is 2.84. The molecule has 1 aromatic rings. The molecule has 2 rings (SSSR count). The molecule has 3 N–H and O–H groups in total. The first-order chi connectivity index (χ1) is 8.49. The second kappa shape index (κ2) is 5.01. The van der Waals surface area contributed by atoms with Crippen LogP contribution in [0.4, 0.5) is 5.69 Å². The van der Waals surface area contributed by atoms with Crippen molar-refractivity contribution in [3.8, 4) is 0 Å². The van der Waals surface area contributed by atoms with Crippen molar-refractivity contribution in [2.45, 2.75) is 45.6 Å². The highest BCUT2D eigenvalue weighted by molar-refractivity contribution is 5.95. The molecule has 3 heteroatoms. The van der Waals surface area contributed by atoms with Crippen molar-refractivity contribution in [3.63, 3.8) is 0 Å². The number of nitrogen functional groups attached to an aromatic ring is 1. The lowest BCUT2D eigenvalue weighted by atomic mass is 9.73. The second-order valence-corrected chi connectivity index (χ2v) is 5.89. The van der Waals surface area contributed by atoms with Crippen LogP contribution < -0.4 is 11.1 Å². The third-order valence-electron chi connectivity index (χ3n) is 3.96. The number of nitrogens with two attached hydrogens (primary N) is 1. The van der Waals surface area contributed by atoms with E-state index < -0.39 is 0 Å². The Kier molecular flexibility index (Phi) is 3.60. The summed E-state index contributed by atoms with van der Waals surface area (Å²) in [5, 5.41) is 3.16. The molecule has 0 saturated heterocycles. The molecule has 1 aliphatic carbocycles. The second-order valence-electron chi connectivity index (χ2n) is 5.89. The van der Waals surface area contributed by atoms with Crippen molar-refractivity contribution in [3.05, 3.63) is 29.8 Å². The first kappa shape index (κ1) is 12.9. The van der Waals surface area contributed by atoms with E-state index in [1.54, 1.807) is 12.1 Å². The van der Waals surface area contributed by atoms with Gasteiger partial charge in [0.25, 0.3) is 5.91 Å². The summed E-state index contributed by atoms with van der Waals surface area (Å²) in [5.41, 5.74) is 7.17. The molecule has 1 fully saturated rings. The first-order valence-corrected chi connectivity index (χ1v) is 6.65. The van der Waals surface area contributed by atoms with Crippen LogP contribution in [-0.4, -0.2) is 11.9 Å². The van der Waals surface area contributed by atoms with Gasteiger partial charge < -0.3 is 11.1 Å². The summed E-state index contributed by atoms with van der Waals surface area (Å²) in [4.78, 5) is 12.2. The Morgan fingerprint density at radius 3 is 2.83 bits per heavy atom. The van der Waals surface area contributed by atoms with Crippen molar-refractivity contribution < 1.29 is 4.79 Å². The van der Waals surface area contributed by atoms with E-state index in [1.165, 1.54) is 19.3 Å². The van der Waals surface area contributed by atoms with Gasteiger partial charge in [-0.1, -0.05) is 32.8 Å². The summed E-state index contributed by atoms with van der Waals surface area (Å²) in [6.07, 6.45) is 4.71. The minimum Gasteiger partial charge on any atom is -0.399 e. The molecule has 0 aliphatic heterocycles. The Morgan fingerprint density at radius 1 is 1.39 bits per heavy atom. The molecule has 1 unspecified atom stereocenters. The number of hydrogen-bond acceptors (Lipinski definition) is 2. The van der Waals surface area contributed by atoms with Gasteiger partial charge in [0, 0.05) is 17.3 Å². The quantitative estimate of drug-likeness (QED) is 0.788. The summed E-state index contributed by atoms with van der Waals surface area (Å²) in [6.45, 7) is 4.47. The van der Waals surface area contributed by atoms with Gasteiger partial charge in [0.1, 0.15) is 0 Å². The van der Waals surface area contributed by atoms with Crippen LogP contribution in [0.2, 0.25) is 0 Å². The molecule has 98 valence electrons. The lowest BCUT2D eigenvalue weighted by Crippen LogP contribution is -2.46. The molecule has 3 nitrogen and oxygen atoms in total. The Hall–Kier alpha value is -1.51. The highest BCUT2D eigenvalue weighted by Gasteiger charge is 2.33. The predicted octanol–water partition coefficient (Wildman–Crippen LogP) is 2.97. The topological polar surface area (TPSA) is 55.1 Å². The number of amides is 1. The van der Waals surface area contributed by atoms with E-state index in [-0.39, 0.29) is 17.4 Å². The molecule has 1 aromatic carbocycles. The number of hydrogen-bond donors (Lipinski definition) is 2. The largest absolute Gasteiger partial charge is 0.399 e. The van der Waals surface area contributed by atoms with Crippen LogP contribution >= 0.6 is 0 Å². The molecule has 0 aromatic heterocycles. The van der Waals surface area contributed by atoms with Gasteiger partial charge in [-0.15, -0.1) is 0 Å². The summed E-state index contributed by atoms with van der Waals surface area (Å²) >= 11 is 0. The van der Waals surface area contributed by atoms with Gasteiger partial charge in [-0.3, -0.25) is 4.79 Å². The average molecular weight is 246 g/mol. The van der Waals surface area contributed by atoms with Gasteiger partial charge in [-0.05, 0) is 36.5 Å². The maximum atomic E-state index is 12.2. The number of nitrogens with one attached hydrogen (secondary N) is 1. The fourth-order valence-electron chi connectivity index (χ4n) is 2.68. The summed E-state index contributed by atoms with van der Waals surface area (Å²) in [6, 6.07) is 7.41. The predicted molar refractivity (Wildman–Crippen MR) is 74.4 cm³/mol. The highest BCUT2D eigenvalue weighted by atomic mass is 16.1. The van der Waals surface area contributed by atoms with Crippen LogP contribution in [0.15, 0.2) is 24.3 Å². The van der Waals surface area contributed by atoms with E-state index in [0.717, 1.165) is 6.42 Å². The van der Waals surface area contributed by atoms with Crippen molar-refractivity contribution in [1.82, 2.24) is 5.32 Å². The van der Waals surface area contributed by atoms with Gasteiger partial charge in [0.05, 0.1) is 0 Å². The molecule has 0 heterocycles. The monoisotopic (exact) mass is 246 g/mol. The van der Waals surface area contributed by atoms with E-state index in [0.29, 0.717) is 11.3 Å². The van der Waals surface area contributed by atoms with Gasteiger partial charge >= 0.3 is 0 Å².